The summed E-state index contributed by atoms with van der Waals surface area (Å²) in [5.74, 6) is 1.98. The first kappa shape index (κ1) is 12.1. The molecular formula is C13H21N3O. The first-order valence-corrected chi connectivity index (χ1v) is 6.46. The maximum atomic E-state index is 12.1. The number of aromatic amines is 1. The SMILES string of the molecule is CC1CCC(C(=O)NC(C)c2ncc[nH]2)CC1. The first-order chi connectivity index (χ1) is 8.16. The van der Waals surface area contributed by atoms with E-state index < -0.39 is 0 Å². The Bertz CT molecular complexity index is 353. The largest absolute Gasteiger partial charge is 0.347 e. The topological polar surface area (TPSA) is 57.8 Å². The fourth-order valence-corrected chi connectivity index (χ4v) is 2.44. The van der Waals surface area contributed by atoms with Gasteiger partial charge in [-0.25, -0.2) is 4.98 Å². The van der Waals surface area contributed by atoms with Gasteiger partial charge in [0, 0.05) is 18.3 Å². The smallest absolute Gasteiger partial charge is 0.223 e. The van der Waals surface area contributed by atoms with Crippen LogP contribution in [-0.2, 0) is 4.79 Å². The zero-order chi connectivity index (χ0) is 12.3. The van der Waals surface area contributed by atoms with Crippen molar-refractivity contribution in [3.8, 4) is 0 Å². The van der Waals surface area contributed by atoms with Crippen molar-refractivity contribution in [2.75, 3.05) is 0 Å². The second-order valence-electron chi connectivity index (χ2n) is 5.16. The third kappa shape index (κ3) is 3.08. The fraction of sp³-hybridized carbons (Fsp3) is 0.692. The van der Waals surface area contributed by atoms with Gasteiger partial charge in [0.1, 0.15) is 5.82 Å². The molecule has 4 nitrogen and oxygen atoms in total. The van der Waals surface area contributed by atoms with E-state index >= 15 is 0 Å². The molecule has 1 aliphatic carbocycles. The van der Waals surface area contributed by atoms with Crippen molar-refractivity contribution in [2.45, 2.75) is 45.6 Å². The first-order valence-electron chi connectivity index (χ1n) is 6.46. The van der Waals surface area contributed by atoms with Gasteiger partial charge in [-0.3, -0.25) is 4.79 Å². The highest BCUT2D eigenvalue weighted by molar-refractivity contribution is 5.79. The Morgan fingerprint density at radius 1 is 1.47 bits per heavy atom. The van der Waals surface area contributed by atoms with Crippen LogP contribution in [0.5, 0.6) is 0 Å². The molecule has 1 unspecified atom stereocenters. The highest BCUT2D eigenvalue weighted by Crippen LogP contribution is 2.28. The van der Waals surface area contributed by atoms with E-state index in [-0.39, 0.29) is 17.9 Å². The molecule has 0 saturated heterocycles. The van der Waals surface area contributed by atoms with Crippen molar-refractivity contribution in [1.82, 2.24) is 15.3 Å². The van der Waals surface area contributed by atoms with Crippen molar-refractivity contribution in [3.05, 3.63) is 18.2 Å². The number of nitrogens with one attached hydrogen (secondary N) is 2. The molecule has 1 atom stereocenters. The summed E-state index contributed by atoms with van der Waals surface area (Å²) in [6.07, 6.45) is 7.89. The Hall–Kier alpha value is -1.32. The highest BCUT2D eigenvalue weighted by Gasteiger charge is 2.25. The summed E-state index contributed by atoms with van der Waals surface area (Å²) in [7, 11) is 0. The molecule has 1 heterocycles. The number of amides is 1. The van der Waals surface area contributed by atoms with Crippen LogP contribution in [0.1, 0.15) is 51.4 Å². The number of imidazole rings is 1. The molecule has 94 valence electrons. The molecule has 1 aromatic heterocycles. The van der Waals surface area contributed by atoms with E-state index in [2.05, 4.69) is 22.2 Å². The number of hydrogen-bond acceptors (Lipinski definition) is 2. The molecule has 0 spiro atoms. The molecule has 0 radical (unpaired) electrons. The zero-order valence-corrected chi connectivity index (χ0v) is 10.6. The van der Waals surface area contributed by atoms with Crippen LogP contribution in [0, 0.1) is 11.8 Å². The lowest BCUT2D eigenvalue weighted by Gasteiger charge is -2.26. The third-order valence-electron chi connectivity index (χ3n) is 3.67. The summed E-state index contributed by atoms with van der Waals surface area (Å²) in [4.78, 5) is 19.2. The van der Waals surface area contributed by atoms with Crippen LogP contribution in [-0.4, -0.2) is 15.9 Å². The number of rotatable bonds is 3. The van der Waals surface area contributed by atoms with Gasteiger partial charge in [-0.1, -0.05) is 6.92 Å². The second-order valence-corrected chi connectivity index (χ2v) is 5.16. The Morgan fingerprint density at radius 3 is 2.76 bits per heavy atom. The van der Waals surface area contributed by atoms with E-state index in [1.807, 2.05) is 6.92 Å². The van der Waals surface area contributed by atoms with Gasteiger partial charge in [0.2, 0.25) is 5.91 Å². The molecule has 1 aliphatic rings. The quantitative estimate of drug-likeness (QED) is 0.845. The third-order valence-corrected chi connectivity index (χ3v) is 3.67. The minimum Gasteiger partial charge on any atom is -0.347 e. The van der Waals surface area contributed by atoms with Crippen LogP contribution in [0.2, 0.25) is 0 Å². The van der Waals surface area contributed by atoms with Gasteiger partial charge in [0.25, 0.3) is 0 Å². The van der Waals surface area contributed by atoms with Gasteiger partial charge in [-0.15, -0.1) is 0 Å². The Labute approximate surface area is 102 Å². The van der Waals surface area contributed by atoms with Gasteiger partial charge < -0.3 is 10.3 Å². The number of carbonyl (C=O) groups is 1. The molecule has 1 amide bonds. The van der Waals surface area contributed by atoms with E-state index in [4.69, 9.17) is 0 Å². The Morgan fingerprint density at radius 2 is 2.18 bits per heavy atom. The molecule has 2 rings (SSSR count). The fourth-order valence-electron chi connectivity index (χ4n) is 2.44. The predicted octanol–water partition coefficient (Wildman–Crippen LogP) is 2.41. The van der Waals surface area contributed by atoms with Crippen molar-refractivity contribution in [2.24, 2.45) is 11.8 Å². The van der Waals surface area contributed by atoms with Crippen LogP contribution < -0.4 is 5.32 Å². The molecular weight excluding hydrogens is 214 g/mol. The number of hydrogen-bond donors (Lipinski definition) is 2. The van der Waals surface area contributed by atoms with E-state index in [0.717, 1.165) is 24.6 Å². The number of nitrogens with zero attached hydrogens (tertiary/aromatic N) is 1. The van der Waals surface area contributed by atoms with Crippen LogP contribution in [0.3, 0.4) is 0 Å². The molecule has 1 fully saturated rings. The van der Waals surface area contributed by atoms with Crippen LogP contribution in [0.25, 0.3) is 0 Å². The molecule has 1 aromatic rings. The van der Waals surface area contributed by atoms with Gasteiger partial charge >= 0.3 is 0 Å². The number of aromatic nitrogens is 2. The molecule has 1 saturated carbocycles. The highest BCUT2D eigenvalue weighted by atomic mass is 16.1. The predicted molar refractivity (Wildman–Crippen MR) is 66.3 cm³/mol. The van der Waals surface area contributed by atoms with Gasteiger partial charge in [-0.05, 0) is 38.5 Å². The minimum absolute atomic E-state index is 0.0307. The maximum Gasteiger partial charge on any atom is 0.223 e. The van der Waals surface area contributed by atoms with Crippen LogP contribution in [0.4, 0.5) is 0 Å². The van der Waals surface area contributed by atoms with Gasteiger partial charge in [0.15, 0.2) is 0 Å². The summed E-state index contributed by atoms with van der Waals surface area (Å²) in [5.41, 5.74) is 0. The van der Waals surface area contributed by atoms with Crippen LogP contribution >= 0.6 is 0 Å². The average molecular weight is 235 g/mol. The summed E-state index contributed by atoms with van der Waals surface area (Å²) >= 11 is 0. The Balaban J connectivity index is 1.85. The zero-order valence-electron chi connectivity index (χ0n) is 10.6. The molecule has 0 bridgehead atoms. The Kier molecular flexibility index (Phi) is 3.82. The standard InChI is InChI=1S/C13H21N3O/c1-9-3-5-11(6-4-9)13(17)16-10(2)12-14-7-8-15-12/h7-11H,3-6H2,1-2H3,(H,14,15)(H,16,17). The number of H-pyrrole nitrogens is 1. The lowest BCUT2D eigenvalue weighted by molar-refractivity contribution is -0.126. The number of carbonyl (C=O) groups excluding carboxylic acids is 1. The summed E-state index contributed by atoms with van der Waals surface area (Å²) < 4.78 is 0. The van der Waals surface area contributed by atoms with Crippen molar-refractivity contribution >= 4 is 5.91 Å². The van der Waals surface area contributed by atoms with Gasteiger partial charge in [0.05, 0.1) is 6.04 Å². The summed E-state index contributed by atoms with van der Waals surface area (Å²) in [6.45, 7) is 4.22. The lowest BCUT2D eigenvalue weighted by atomic mass is 9.82. The van der Waals surface area contributed by atoms with Gasteiger partial charge in [-0.2, -0.15) is 0 Å². The van der Waals surface area contributed by atoms with Crippen molar-refractivity contribution in [1.29, 1.82) is 0 Å². The van der Waals surface area contributed by atoms with E-state index in [1.165, 1.54) is 12.8 Å². The van der Waals surface area contributed by atoms with Crippen LogP contribution in [0.15, 0.2) is 12.4 Å². The molecule has 4 heteroatoms. The summed E-state index contributed by atoms with van der Waals surface area (Å²) in [5, 5.41) is 3.03. The lowest BCUT2D eigenvalue weighted by Crippen LogP contribution is -2.35. The molecule has 17 heavy (non-hydrogen) atoms. The molecule has 0 aliphatic heterocycles. The maximum absolute atomic E-state index is 12.1. The second kappa shape index (κ2) is 5.34. The monoisotopic (exact) mass is 235 g/mol. The van der Waals surface area contributed by atoms with Crippen molar-refractivity contribution < 1.29 is 4.79 Å². The normalized spacial score (nSPS) is 26.5. The average Bonchev–Trinajstić information content (AvgIpc) is 2.83. The van der Waals surface area contributed by atoms with E-state index in [0.29, 0.717) is 0 Å². The minimum atomic E-state index is -0.0307. The summed E-state index contributed by atoms with van der Waals surface area (Å²) in [6, 6.07) is -0.0307. The van der Waals surface area contributed by atoms with E-state index in [9.17, 15) is 4.79 Å². The van der Waals surface area contributed by atoms with Crippen molar-refractivity contribution in [3.63, 3.8) is 0 Å². The molecule has 0 aromatic carbocycles. The molecule has 2 N–H and O–H groups in total. The van der Waals surface area contributed by atoms with E-state index in [1.54, 1.807) is 12.4 Å².